The maximum absolute atomic E-state index is 13.8. The van der Waals surface area contributed by atoms with E-state index in [1.165, 1.54) is 11.9 Å². The summed E-state index contributed by atoms with van der Waals surface area (Å²) >= 11 is 18.1. The van der Waals surface area contributed by atoms with Crippen molar-refractivity contribution >= 4 is 52.3 Å². The molecule has 1 aliphatic carbocycles. The molecule has 4 nitrogen and oxygen atoms in total. The maximum Gasteiger partial charge on any atom is 0.249 e. The van der Waals surface area contributed by atoms with Gasteiger partial charge in [0, 0.05) is 25.7 Å². The van der Waals surface area contributed by atoms with Gasteiger partial charge in [0.2, 0.25) is 11.8 Å². The predicted octanol–water partition coefficient (Wildman–Crippen LogP) is 3.56. The lowest BCUT2D eigenvalue weighted by Gasteiger charge is -2.26. The summed E-state index contributed by atoms with van der Waals surface area (Å²) in [6.07, 6.45) is 0.607. The number of nitrogens with zero attached hydrogens (tertiary/aromatic N) is 2. The highest BCUT2D eigenvalue weighted by atomic mass is 35.5. The molecule has 1 saturated carbocycles. The molecule has 0 spiro atoms. The van der Waals surface area contributed by atoms with Gasteiger partial charge in [0.25, 0.3) is 0 Å². The number of alkyl halides is 3. The highest BCUT2D eigenvalue weighted by Crippen LogP contribution is 2.62. The van der Waals surface area contributed by atoms with Crippen molar-refractivity contribution < 1.29 is 14.0 Å². The number of carbonyl (C=O) groups excluding carboxylic acids is 2. The van der Waals surface area contributed by atoms with Gasteiger partial charge in [-0.25, -0.2) is 4.39 Å². The smallest absolute Gasteiger partial charge is 0.249 e. The van der Waals surface area contributed by atoms with Crippen molar-refractivity contribution in [2.24, 2.45) is 0 Å². The Morgan fingerprint density at radius 2 is 1.80 bits per heavy atom. The van der Waals surface area contributed by atoms with Gasteiger partial charge >= 0.3 is 0 Å². The third-order valence-corrected chi connectivity index (χ3v) is 6.68. The third kappa shape index (κ3) is 2.90. The van der Waals surface area contributed by atoms with Crippen LogP contribution in [0.25, 0.3) is 0 Å². The molecular weight excluding hydrogens is 390 g/mol. The van der Waals surface area contributed by atoms with Crippen LogP contribution in [0, 0.1) is 19.7 Å². The lowest BCUT2D eigenvalue weighted by Crippen LogP contribution is -2.47. The van der Waals surface area contributed by atoms with Crippen molar-refractivity contribution in [2.45, 2.75) is 41.9 Å². The first kappa shape index (κ1) is 18.7. The number of likely N-dealkylation sites (N-methyl/N-ethyl adjacent to an activating group) is 1. The summed E-state index contributed by atoms with van der Waals surface area (Å²) in [4.78, 5) is 26.9. The standard InChI is InChI=1S/C17H18Cl3FN2O2/c1-9-6-11(7-10(2)13(9)21)23-5-4-12(14(23)24)22(3)15(25)16(18)8-17(16,19)20/h6-7,12H,4-5,8H2,1-3H3. The normalized spacial score (nSPS) is 27.6. The minimum atomic E-state index is -1.37. The molecule has 1 aromatic rings. The van der Waals surface area contributed by atoms with E-state index < -0.39 is 21.2 Å². The Labute approximate surface area is 160 Å². The lowest BCUT2D eigenvalue weighted by atomic mass is 10.1. The zero-order chi connectivity index (χ0) is 18.7. The van der Waals surface area contributed by atoms with Crippen LogP contribution in [0.15, 0.2) is 12.1 Å². The maximum atomic E-state index is 13.8. The van der Waals surface area contributed by atoms with Crippen molar-refractivity contribution in [2.75, 3.05) is 18.5 Å². The highest BCUT2D eigenvalue weighted by Gasteiger charge is 2.72. The fourth-order valence-electron chi connectivity index (χ4n) is 3.27. The van der Waals surface area contributed by atoms with Gasteiger partial charge in [-0.3, -0.25) is 9.59 Å². The van der Waals surface area contributed by atoms with Crippen molar-refractivity contribution in [3.05, 3.63) is 29.1 Å². The van der Waals surface area contributed by atoms with Crippen molar-refractivity contribution in [3.8, 4) is 0 Å². The molecule has 1 saturated heterocycles. The first-order chi connectivity index (χ1) is 11.5. The molecular formula is C17H18Cl3FN2O2. The van der Waals surface area contributed by atoms with Crippen LogP contribution in [0.2, 0.25) is 0 Å². The van der Waals surface area contributed by atoms with Crippen LogP contribution in [0.4, 0.5) is 10.1 Å². The van der Waals surface area contributed by atoms with Gasteiger partial charge in [0.1, 0.15) is 16.2 Å². The lowest BCUT2D eigenvalue weighted by molar-refractivity contribution is -0.137. The molecule has 2 fully saturated rings. The molecule has 2 amide bonds. The van der Waals surface area contributed by atoms with E-state index in [-0.39, 0.29) is 18.1 Å². The van der Waals surface area contributed by atoms with Crippen LogP contribution >= 0.6 is 34.8 Å². The minimum absolute atomic E-state index is 0.148. The first-order valence-electron chi connectivity index (χ1n) is 7.92. The average Bonchev–Trinajstić information content (AvgIpc) is 2.87. The molecule has 25 heavy (non-hydrogen) atoms. The number of hydrogen-bond acceptors (Lipinski definition) is 2. The number of rotatable bonds is 3. The molecule has 1 aliphatic heterocycles. The summed E-state index contributed by atoms with van der Waals surface area (Å²) in [7, 11) is 1.53. The van der Waals surface area contributed by atoms with Gasteiger partial charge < -0.3 is 9.80 Å². The van der Waals surface area contributed by atoms with E-state index >= 15 is 0 Å². The molecule has 1 aromatic carbocycles. The number of halogens is 4. The number of amides is 2. The van der Waals surface area contributed by atoms with Crippen LogP contribution in [0.1, 0.15) is 24.0 Å². The van der Waals surface area contributed by atoms with E-state index in [4.69, 9.17) is 34.8 Å². The number of benzene rings is 1. The van der Waals surface area contributed by atoms with Gasteiger partial charge in [-0.2, -0.15) is 0 Å². The summed E-state index contributed by atoms with van der Waals surface area (Å²) in [5.41, 5.74) is 1.57. The first-order valence-corrected chi connectivity index (χ1v) is 9.05. The van der Waals surface area contributed by atoms with Crippen LogP contribution in [0.3, 0.4) is 0 Å². The van der Waals surface area contributed by atoms with E-state index in [1.54, 1.807) is 30.9 Å². The Hall–Kier alpha value is -1.04. The van der Waals surface area contributed by atoms with Gasteiger partial charge in [0.05, 0.1) is 0 Å². The summed E-state index contributed by atoms with van der Waals surface area (Å²) in [5.74, 6) is -0.958. The largest absolute Gasteiger partial charge is 0.332 e. The Morgan fingerprint density at radius 1 is 1.28 bits per heavy atom. The van der Waals surface area contributed by atoms with Gasteiger partial charge in [0.15, 0.2) is 4.87 Å². The Bertz CT molecular complexity index is 747. The minimum Gasteiger partial charge on any atom is -0.332 e. The van der Waals surface area contributed by atoms with Gasteiger partial charge in [-0.05, 0) is 43.5 Å². The van der Waals surface area contributed by atoms with Crippen LogP contribution < -0.4 is 4.90 Å². The summed E-state index contributed by atoms with van der Waals surface area (Å²) in [6, 6.07) is 2.63. The zero-order valence-electron chi connectivity index (χ0n) is 14.1. The number of anilines is 1. The molecule has 0 aromatic heterocycles. The number of carbonyl (C=O) groups is 2. The molecule has 0 N–H and O–H groups in total. The topological polar surface area (TPSA) is 40.6 Å². The molecule has 0 bridgehead atoms. The van der Waals surface area contributed by atoms with E-state index in [0.29, 0.717) is 29.8 Å². The fourth-order valence-corrected chi connectivity index (χ4v) is 4.31. The zero-order valence-corrected chi connectivity index (χ0v) is 16.3. The van der Waals surface area contributed by atoms with Crippen LogP contribution in [0.5, 0.6) is 0 Å². The Morgan fingerprint density at radius 3 is 2.28 bits per heavy atom. The van der Waals surface area contributed by atoms with Crippen LogP contribution in [-0.2, 0) is 9.59 Å². The second kappa shape index (κ2) is 6.00. The van der Waals surface area contributed by atoms with E-state index in [1.807, 2.05) is 0 Å². The fraction of sp³-hybridized carbons (Fsp3) is 0.529. The van der Waals surface area contributed by atoms with Gasteiger partial charge in [-0.1, -0.05) is 23.2 Å². The van der Waals surface area contributed by atoms with Crippen LogP contribution in [-0.4, -0.2) is 45.6 Å². The SMILES string of the molecule is Cc1cc(N2CCC(N(C)C(=O)C3(Cl)CC3(Cl)Cl)C2=O)cc(C)c1F. The van der Waals surface area contributed by atoms with Crippen molar-refractivity contribution in [1.82, 2.24) is 4.90 Å². The summed E-state index contributed by atoms with van der Waals surface area (Å²) in [5, 5.41) is 0. The van der Waals surface area contributed by atoms with E-state index in [9.17, 15) is 14.0 Å². The third-order valence-electron chi connectivity index (χ3n) is 4.96. The Balaban J connectivity index is 1.79. The highest BCUT2D eigenvalue weighted by molar-refractivity contribution is 6.62. The molecule has 3 rings (SSSR count). The van der Waals surface area contributed by atoms with Gasteiger partial charge in [-0.15, -0.1) is 11.6 Å². The number of aryl methyl sites for hydroxylation is 2. The quantitative estimate of drug-likeness (QED) is 0.719. The molecule has 1 heterocycles. The molecule has 2 atom stereocenters. The van der Waals surface area contributed by atoms with E-state index in [0.717, 1.165) is 0 Å². The van der Waals surface area contributed by atoms with Crippen molar-refractivity contribution in [1.29, 1.82) is 0 Å². The molecule has 136 valence electrons. The molecule has 2 aliphatic rings. The summed E-state index contributed by atoms with van der Waals surface area (Å²) < 4.78 is 12.5. The van der Waals surface area contributed by atoms with E-state index in [2.05, 4.69) is 0 Å². The Kier molecular flexibility index (Phi) is 4.50. The molecule has 0 radical (unpaired) electrons. The second-order valence-electron chi connectivity index (χ2n) is 6.79. The summed E-state index contributed by atoms with van der Waals surface area (Å²) in [6.45, 7) is 3.75. The monoisotopic (exact) mass is 406 g/mol. The molecule has 8 heteroatoms. The molecule has 2 unspecified atom stereocenters. The average molecular weight is 408 g/mol. The number of hydrogen-bond donors (Lipinski definition) is 0. The second-order valence-corrected chi connectivity index (χ2v) is 8.92. The van der Waals surface area contributed by atoms with Crippen molar-refractivity contribution in [3.63, 3.8) is 0 Å². The predicted molar refractivity (Wildman–Crippen MR) is 97.0 cm³/mol.